The van der Waals surface area contributed by atoms with Gasteiger partial charge in [0.2, 0.25) is 0 Å². The van der Waals surface area contributed by atoms with Gasteiger partial charge in [0.25, 0.3) is 0 Å². The van der Waals surface area contributed by atoms with Crippen molar-refractivity contribution >= 4 is 17.9 Å². The van der Waals surface area contributed by atoms with E-state index in [1.165, 1.54) is 7.11 Å². The number of hydrogen-bond donors (Lipinski definition) is 0. The number of methoxy groups -OCH3 is 1. The molecule has 0 unspecified atom stereocenters. The van der Waals surface area contributed by atoms with Gasteiger partial charge in [-0.15, -0.1) is 0 Å². The summed E-state index contributed by atoms with van der Waals surface area (Å²) in [5.41, 5.74) is 0.417. The standard InChI is InChI=1S/C12H15ClO3/c1-3-4-5-16-12-9(8-14)6-10(15-2)7-11(12)13/h6-8H,3-5H2,1-2H3. The number of carbonyl (C=O) groups excluding carboxylic acids is 1. The van der Waals surface area contributed by atoms with Crippen LogP contribution in [0.15, 0.2) is 12.1 Å². The molecule has 0 radical (unpaired) electrons. The Kier molecular flexibility index (Phi) is 5.12. The van der Waals surface area contributed by atoms with Gasteiger partial charge in [-0.25, -0.2) is 0 Å². The van der Waals surface area contributed by atoms with Gasteiger partial charge in [0, 0.05) is 6.07 Å². The zero-order valence-corrected chi connectivity index (χ0v) is 10.2. The highest BCUT2D eigenvalue weighted by Gasteiger charge is 2.10. The van der Waals surface area contributed by atoms with Crippen LogP contribution in [0.25, 0.3) is 0 Å². The summed E-state index contributed by atoms with van der Waals surface area (Å²) in [6.45, 7) is 2.63. The number of benzene rings is 1. The Morgan fingerprint density at radius 2 is 2.19 bits per heavy atom. The van der Waals surface area contributed by atoms with Gasteiger partial charge in [-0.2, -0.15) is 0 Å². The zero-order chi connectivity index (χ0) is 12.0. The molecule has 0 saturated heterocycles. The molecule has 88 valence electrons. The van der Waals surface area contributed by atoms with Crippen LogP contribution in [-0.2, 0) is 0 Å². The highest BCUT2D eigenvalue weighted by molar-refractivity contribution is 6.32. The number of unbranched alkanes of at least 4 members (excludes halogenated alkanes) is 1. The van der Waals surface area contributed by atoms with Crippen molar-refractivity contribution in [3.8, 4) is 11.5 Å². The zero-order valence-electron chi connectivity index (χ0n) is 9.46. The third-order valence-electron chi connectivity index (χ3n) is 2.15. The first-order valence-corrected chi connectivity index (χ1v) is 5.56. The summed E-state index contributed by atoms with van der Waals surface area (Å²) in [5, 5.41) is 0.401. The third-order valence-corrected chi connectivity index (χ3v) is 2.43. The van der Waals surface area contributed by atoms with Crippen LogP contribution in [0.1, 0.15) is 30.1 Å². The molecule has 0 bridgehead atoms. The fraction of sp³-hybridized carbons (Fsp3) is 0.417. The quantitative estimate of drug-likeness (QED) is 0.567. The van der Waals surface area contributed by atoms with Crippen molar-refractivity contribution in [3.63, 3.8) is 0 Å². The van der Waals surface area contributed by atoms with E-state index in [1.54, 1.807) is 12.1 Å². The van der Waals surface area contributed by atoms with Crippen molar-refractivity contribution in [2.24, 2.45) is 0 Å². The van der Waals surface area contributed by atoms with Gasteiger partial charge in [-0.3, -0.25) is 4.79 Å². The van der Waals surface area contributed by atoms with Gasteiger partial charge in [0.05, 0.1) is 24.3 Å². The van der Waals surface area contributed by atoms with Gasteiger partial charge in [0.1, 0.15) is 11.5 Å². The number of hydrogen-bond acceptors (Lipinski definition) is 3. The molecule has 4 heteroatoms. The Labute approximate surface area is 100 Å². The summed E-state index contributed by atoms with van der Waals surface area (Å²) in [7, 11) is 1.53. The van der Waals surface area contributed by atoms with E-state index in [1.807, 2.05) is 0 Å². The van der Waals surface area contributed by atoms with E-state index in [2.05, 4.69) is 6.92 Å². The minimum Gasteiger partial charge on any atom is -0.497 e. The first kappa shape index (κ1) is 12.8. The van der Waals surface area contributed by atoms with Gasteiger partial charge in [-0.05, 0) is 12.5 Å². The van der Waals surface area contributed by atoms with E-state index in [9.17, 15) is 4.79 Å². The minimum atomic E-state index is 0.401. The first-order chi connectivity index (χ1) is 7.72. The number of carbonyl (C=O) groups is 1. The van der Waals surface area contributed by atoms with Crippen LogP contribution in [0.2, 0.25) is 5.02 Å². The second kappa shape index (κ2) is 6.38. The molecule has 0 aliphatic rings. The van der Waals surface area contributed by atoms with Gasteiger partial charge in [-0.1, -0.05) is 24.9 Å². The average molecular weight is 243 g/mol. The number of aldehydes is 1. The summed E-state index contributed by atoms with van der Waals surface area (Å²) >= 11 is 6.01. The second-order valence-electron chi connectivity index (χ2n) is 3.35. The molecular formula is C12H15ClO3. The number of rotatable bonds is 6. The summed E-state index contributed by atoms with van der Waals surface area (Å²) in [6.07, 6.45) is 2.68. The second-order valence-corrected chi connectivity index (χ2v) is 3.75. The van der Waals surface area contributed by atoms with Crippen molar-refractivity contribution < 1.29 is 14.3 Å². The Bertz CT molecular complexity index is 364. The molecule has 0 aliphatic heterocycles. The highest BCUT2D eigenvalue weighted by Crippen LogP contribution is 2.32. The van der Waals surface area contributed by atoms with Crippen LogP contribution in [0.4, 0.5) is 0 Å². The topological polar surface area (TPSA) is 35.5 Å². The van der Waals surface area contributed by atoms with Crippen molar-refractivity contribution in [2.75, 3.05) is 13.7 Å². The van der Waals surface area contributed by atoms with E-state index in [0.29, 0.717) is 28.7 Å². The lowest BCUT2D eigenvalue weighted by Crippen LogP contribution is -2.00. The third kappa shape index (κ3) is 3.14. The maximum Gasteiger partial charge on any atom is 0.153 e. The molecule has 0 heterocycles. The smallest absolute Gasteiger partial charge is 0.153 e. The fourth-order valence-electron chi connectivity index (χ4n) is 1.27. The number of ether oxygens (including phenoxy) is 2. The lowest BCUT2D eigenvalue weighted by atomic mass is 10.2. The highest BCUT2D eigenvalue weighted by atomic mass is 35.5. The predicted octanol–water partition coefficient (Wildman–Crippen LogP) is 3.34. The van der Waals surface area contributed by atoms with Crippen LogP contribution in [-0.4, -0.2) is 20.0 Å². The van der Waals surface area contributed by atoms with E-state index in [4.69, 9.17) is 21.1 Å². The SMILES string of the molecule is CCCCOc1c(Cl)cc(OC)cc1C=O. The van der Waals surface area contributed by atoms with Crippen LogP contribution >= 0.6 is 11.6 Å². The van der Waals surface area contributed by atoms with E-state index in [-0.39, 0.29) is 0 Å². The van der Waals surface area contributed by atoms with Crippen LogP contribution in [0.3, 0.4) is 0 Å². The molecule has 0 spiro atoms. The molecule has 0 fully saturated rings. The van der Waals surface area contributed by atoms with Crippen LogP contribution in [0.5, 0.6) is 11.5 Å². The molecule has 0 aliphatic carbocycles. The maximum atomic E-state index is 10.9. The Balaban J connectivity index is 2.92. The molecule has 3 nitrogen and oxygen atoms in total. The minimum absolute atomic E-state index is 0.401. The lowest BCUT2D eigenvalue weighted by Gasteiger charge is -2.11. The van der Waals surface area contributed by atoms with Crippen molar-refractivity contribution in [1.29, 1.82) is 0 Å². The van der Waals surface area contributed by atoms with Crippen molar-refractivity contribution in [3.05, 3.63) is 22.7 Å². The molecule has 1 aromatic rings. The first-order valence-electron chi connectivity index (χ1n) is 5.18. The lowest BCUT2D eigenvalue weighted by molar-refractivity contribution is 0.111. The molecule has 0 saturated carbocycles. The maximum absolute atomic E-state index is 10.9. The van der Waals surface area contributed by atoms with Crippen molar-refractivity contribution in [2.45, 2.75) is 19.8 Å². The van der Waals surface area contributed by atoms with Gasteiger partial charge < -0.3 is 9.47 Å². The monoisotopic (exact) mass is 242 g/mol. The fourth-order valence-corrected chi connectivity index (χ4v) is 1.54. The van der Waals surface area contributed by atoms with Crippen molar-refractivity contribution in [1.82, 2.24) is 0 Å². The Morgan fingerprint density at radius 3 is 2.75 bits per heavy atom. The van der Waals surface area contributed by atoms with E-state index >= 15 is 0 Å². The number of halogens is 1. The molecule has 0 N–H and O–H groups in total. The van der Waals surface area contributed by atoms with E-state index in [0.717, 1.165) is 19.1 Å². The van der Waals surface area contributed by atoms with Gasteiger partial charge in [0.15, 0.2) is 6.29 Å². The van der Waals surface area contributed by atoms with Gasteiger partial charge >= 0.3 is 0 Å². The van der Waals surface area contributed by atoms with Crippen LogP contribution < -0.4 is 9.47 Å². The summed E-state index contributed by atoms with van der Waals surface area (Å²) in [4.78, 5) is 10.9. The molecule has 1 rings (SSSR count). The molecule has 1 aromatic carbocycles. The predicted molar refractivity (Wildman–Crippen MR) is 63.8 cm³/mol. The molecule has 0 amide bonds. The normalized spacial score (nSPS) is 9.94. The summed E-state index contributed by atoms with van der Waals surface area (Å²) < 4.78 is 10.5. The molecule has 0 aromatic heterocycles. The Hall–Kier alpha value is -1.22. The molecule has 0 atom stereocenters. The summed E-state index contributed by atoms with van der Waals surface area (Å²) in [5.74, 6) is 0.987. The van der Waals surface area contributed by atoms with E-state index < -0.39 is 0 Å². The summed E-state index contributed by atoms with van der Waals surface area (Å²) in [6, 6.07) is 3.25. The molecule has 16 heavy (non-hydrogen) atoms. The average Bonchev–Trinajstić information content (AvgIpc) is 2.30. The largest absolute Gasteiger partial charge is 0.497 e. The molecular weight excluding hydrogens is 228 g/mol. The Morgan fingerprint density at radius 1 is 1.44 bits per heavy atom. The van der Waals surface area contributed by atoms with Crippen LogP contribution in [0, 0.1) is 0 Å².